The van der Waals surface area contributed by atoms with Crippen LogP contribution in [0.1, 0.15) is 23.6 Å². The molecule has 2 aromatic rings. The van der Waals surface area contributed by atoms with Crippen molar-refractivity contribution in [3.05, 3.63) is 58.6 Å². The number of amides is 2. The van der Waals surface area contributed by atoms with E-state index in [4.69, 9.17) is 11.6 Å². The zero-order valence-electron chi connectivity index (χ0n) is 13.8. The Kier molecular flexibility index (Phi) is 5.67. The van der Waals surface area contributed by atoms with E-state index in [2.05, 4.69) is 10.6 Å². The first kappa shape index (κ1) is 19.6. The van der Waals surface area contributed by atoms with Crippen LogP contribution in [0.4, 0.5) is 18.9 Å². The lowest BCUT2D eigenvalue weighted by Crippen LogP contribution is -2.38. The number of fused-ring (bicyclic) bond motifs is 1. The highest BCUT2D eigenvalue weighted by Gasteiger charge is 2.31. The summed E-state index contributed by atoms with van der Waals surface area (Å²) < 4.78 is 38.2. The van der Waals surface area contributed by atoms with Crippen LogP contribution < -0.4 is 10.6 Å². The first-order chi connectivity index (χ1) is 12.7. The van der Waals surface area contributed by atoms with Gasteiger partial charge in [0.05, 0.1) is 11.6 Å². The number of carbonyl (C=O) groups is 2. The molecule has 1 aliphatic heterocycles. The maximum Gasteiger partial charge on any atom is 0.416 e. The Labute approximate surface area is 162 Å². The van der Waals surface area contributed by atoms with E-state index in [1.165, 1.54) is 6.07 Å². The number of anilines is 1. The SMILES string of the molecule is O=C(Nc1cccc(C(F)(F)F)c1)C(=O)N[C@@H]1CCSc2ccc(Cl)cc21. The van der Waals surface area contributed by atoms with E-state index in [1.54, 1.807) is 23.9 Å². The molecule has 0 spiro atoms. The van der Waals surface area contributed by atoms with Crippen molar-refractivity contribution in [2.24, 2.45) is 0 Å². The number of alkyl halides is 3. The van der Waals surface area contributed by atoms with Crippen molar-refractivity contribution >= 4 is 40.9 Å². The summed E-state index contributed by atoms with van der Waals surface area (Å²) in [6, 6.07) is 9.05. The minimum absolute atomic E-state index is 0.104. The lowest BCUT2D eigenvalue weighted by atomic mass is 10.0. The summed E-state index contributed by atoms with van der Waals surface area (Å²) in [5.74, 6) is -1.19. The monoisotopic (exact) mass is 414 g/mol. The van der Waals surface area contributed by atoms with Crippen LogP contribution in [0, 0.1) is 0 Å². The molecule has 2 aromatic carbocycles. The molecule has 2 amide bonds. The molecule has 0 saturated carbocycles. The topological polar surface area (TPSA) is 58.2 Å². The quantitative estimate of drug-likeness (QED) is 0.703. The van der Waals surface area contributed by atoms with Gasteiger partial charge in [0.1, 0.15) is 0 Å². The number of halogens is 4. The van der Waals surface area contributed by atoms with Gasteiger partial charge in [-0.25, -0.2) is 0 Å². The Morgan fingerprint density at radius 1 is 1.11 bits per heavy atom. The zero-order valence-corrected chi connectivity index (χ0v) is 15.3. The molecule has 1 aliphatic rings. The van der Waals surface area contributed by atoms with E-state index in [0.717, 1.165) is 34.4 Å². The van der Waals surface area contributed by atoms with E-state index in [9.17, 15) is 22.8 Å². The van der Waals surface area contributed by atoms with Gasteiger partial charge in [-0.1, -0.05) is 17.7 Å². The average molecular weight is 415 g/mol. The molecule has 0 saturated heterocycles. The van der Waals surface area contributed by atoms with Crippen LogP contribution >= 0.6 is 23.4 Å². The van der Waals surface area contributed by atoms with Crippen molar-refractivity contribution in [2.45, 2.75) is 23.5 Å². The van der Waals surface area contributed by atoms with Gasteiger partial charge in [0.15, 0.2) is 0 Å². The van der Waals surface area contributed by atoms with Gasteiger partial charge < -0.3 is 10.6 Å². The van der Waals surface area contributed by atoms with Gasteiger partial charge in [0, 0.05) is 21.4 Å². The first-order valence-electron chi connectivity index (χ1n) is 7.95. The predicted molar refractivity (Wildman–Crippen MR) is 97.8 cm³/mol. The van der Waals surface area contributed by atoms with E-state index < -0.39 is 23.6 Å². The van der Waals surface area contributed by atoms with Crippen molar-refractivity contribution in [3.8, 4) is 0 Å². The van der Waals surface area contributed by atoms with Gasteiger partial charge in [-0.3, -0.25) is 9.59 Å². The lowest BCUT2D eigenvalue weighted by molar-refractivity contribution is -0.137. The van der Waals surface area contributed by atoms with Gasteiger partial charge in [-0.05, 0) is 48.4 Å². The zero-order chi connectivity index (χ0) is 19.6. The van der Waals surface area contributed by atoms with Crippen LogP contribution in [0.25, 0.3) is 0 Å². The molecular weight excluding hydrogens is 401 g/mol. The second-order valence-corrected chi connectivity index (χ2v) is 7.45. The summed E-state index contributed by atoms with van der Waals surface area (Å²) in [5, 5.41) is 5.34. The number of carbonyl (C=O) groups excluding carboxylic acids is 2. The number of benzene rings is 2. The molecule has 1 heterocycles. The van der Waals surface area contributed by atoms with E-state index >= 15 is 0 Å². The van der Waals surface area contributed by atoms with Gasteiger partial charge in [-0.15, -0.1) is 11.8 Å². The third kappa shape index (κ3) is 4.75. The standard InChI is InChI=1S/C18H14ClF3N2O2S/c19-11-4-5-15-13(9-11)14(6-7-27-15)24-17(26)16(25)23-12-3-1-2-10(8-12)18(20,21)22/h1-5,8-9,14H,6-7H2,(H,23,25)(H,24,26)/t14-/m1/s1. The van der Waals surface area contributed by atoms with Crippen molar-refractivity contribution in [1.29, 1.82) is 0 Å². The fraction of sp³-hybridized carbons (Fsp3) is 0.222. The summed E-state index contributed by atoms with van der Waals surface area (Å²) in [5.41, 5.74) is -0.194. The molecule has 0 radical (unpaired) electrons. The van der Waals surface area contributed by atoms with Gasteiger partial charge in [-0.2, -0.15) is 13.2 Å². The largest absolute Gasteiger partial charge is 0.416 e. The molecule has 1 atom stereocenters. The van der Waals surface area contributed by atoms with Crippen LogP contribution in [0.5, 0.6) is 0 Å². The highest BCUT2D eigenvalue weighted by atomic mass is 35.5. The van der Waals surface area contributed by atoms with Crippen LogP contribution in [0.2, 0.25) is 5.02 Å². The van der Waals surface area contributed by atoms with Crippen LogP contribution in [-0.2, 0) is 15.8 Å². The normalized spacial score (nSPS) is 16.4. The smallest absolute Gasteiger partial charge is 0.341 e. The van der Waals surface area contributed by atoms with Crippen LogP contribution in [0.15, 0.2) is 47.4 Å². The fourth-order valence-corrected chi connectivity index (χ4v) is 3.99. The molecule has 9 heteroatoms. The summed E-state index contributed by atoms with van der Waals surface area (Å²) in [4.78, 5) is 25.3. The molecule has 142 valence electrons. The number of hydrogen-bond acceptors (Lipinski definition) is 3. The van der Waals surface area contributed by atoms with E-state index in [0.29, 0.717) is 11.4 Å². The maximum atomic E-state index is 12.7. The van der Waals surface area contributed by atoms with E-state index in [-0.39, 0.29) is 11.7 Å². The molecule has 0 fully saturated rings. The van der Waals surface area contributed by atoms with Gasteiger partial charge >= 0.3 is 18.0 Å². The molecule has 0 aliphatic carbocycles. The molecule has 27 heavy (non-hydrogen) atoms. The van der Waals surface area contributed by atoms with E-state index in [1.807, 2.05) is 6.07 Å². The second kappa shape index (κ2) is 7.82. The molecule has 3 rings (SSSR count). The average Bonchev–Trinajstić information content (AvgIpc) is 2.61. The third-order valence-corrected chi connectivity index (χ3v) is 5.33. The van der Waals surface area contributed by atoms with Crippen molar-refractivity contribution < 1.29 is 22.8 Å². The summed E-state index contributed by atoms with van der Waals surface area (Å²) in [6.45, 7) is 0. The van der Waals surface area contributed by atoms with Crippen LogP contribution in [-0.4, -0.2) is 17.6 Å². The lowest BCUT2D eigenvalue weighted by Gasteiger charge is -2.26. The minimum atomic E-state index is -4.54. The molecule has 0 unspecified atom stereocenters. The summed E-state index contributed by atoms with van der Waals surface area (Å²) >= 11 is 7.63. The Morgan fingerprint density at radius 3 is 2.63 bits per heavy atom. The highest BCUT2D eigenvalue weighted by molar-refractivity contribution is 7.99. The second-order valence-electron chi connectivity index (χ2n) is 5.88. The van der Waals surface area contributed by atoms with Gasteiger partial charge in [0.2, 0.25) is 0 Å². The third-order valence-electron chi connectivity index (χ3n) is 3.97. The molecule has 0 bridgehead atoms. The molecule has 2 N–H and O–H groups in total. The molecule has 0 aromatic heterocycles. The molecule has 4 nitrogen and oxygen atoms in total. The minimum Gasteiger partial charge on any atom is -0.341 e. The summed E-state index contributed by atoms with van der Waals surface area (Å²) in [7, 11) is 0. The number of nitrogens with one attached hydrogen (secondary N) is 2. The van der Waals surface area contributed by atoms with Crippen molar-refractivity contribution in [1.82, 2.24) is 5.32 Å². The predicted octanol–water partition coefficient (Wildman–Crippen LogP) is 4.65. The van der Waals surface area contributed by atoms with Crippen molar-refractivity contribution in [3.63, 3.8) is 0 Å². The number of hydrogen-bond donors (Lipinski definition) is 2. The maximum absolute atomic E-state index is 12.7. The first-order valence-corrected chi connectivity index (χ1v) is 9.32. The van der Waals surface area contributed by atoms with Gasteiger partial charge in [0.25, 0.3) is 0 Å². The Balaban J connectivity index is 1.69. The summed E-state index contributed by atoms with van der Waals surface area (Å²) in [6.07, 6.45) is -3.92. The van der Waals surface area contributed by atoms with Crippen molar-refractivity contribution in [2.75, 3.05) is 11.1 Å². The highest BCUT2D eigenvalue weighted by Crippen LogP contribution is 2.37. The Bertz CT molecular complexity index is 889. The van der Waals surface area contributed by atoms with Crippen LogP contribution in [0.3, 0.4) is 0 Å². The number of rotatable bonds is 2. The molecular formula is C18H14ClF3N2O2S. The fourth-order valence-electron chi connectivity index (χ4n) is 2.70. The Hall–Kier alpha value is -2.19. The number of thioether (sulfide) groups is 1. The Morgan fingerprint density at radius 2 is 1.89 bits per heavy atom.